The molecule has 0 unspecified atom stereocenters. The molecule has 0 atom stereocenters. The molecule has 0 aliphatic heterocycles. The van der Waals surface area contributed by atoms with Crippen molar-refractivity contribution in [2.24, 2.45) is 0 Å². The highest BCUT2D eigenvalue weighted by Gasteiger charge is 2.51. The number of benzene rings is 3. The van der Waals surface area contributed by atoms with Gasteiger partial charge in [-0.15, -0.1) is 11.8 Å². The van der Waals surface area contributed by atoms with Gasteiger partial charge in [0, 0.05) is 16.2 Å². The first-order valence-corrected chi connectivity index (χ1v) is 10.6. The van der Waals surface area contributed by atoms with Crippen molar-refractivity contribution in [2.45, 2.75) is 35.5 Å². The van der Waals surface area contributed by atoms with Crippen molar-refractivity contribution in [1.29, 1.82) is 0 Å². The summed E-state index contributed by atoms with van der Waals surface area (Å²) in [5.74, 6) is -0.398. The number of carboxylic acids is 1. The summed E-state index contributed by atoms with van der Waals surface area (Å²) >= 11 is 1.66. The van der Waals surface area contributed by atoms with E-state index in [9.17, 15) is 18.7 Å². The number of hydrogen-bond acceptors (Lipinski definition) is 3. The van der Waals surface area contributed by atoms with Crippen LogP contribution in [0.25, 0.3) is 0 Å². The Hall–Kier alpha value is -2.86. The fourth-order valence-corrected chi connectivity index (χ4v) is 4.14. The van der Waals surface area contributed by atoms with Gasteiger partial charge in [0.25, 0.3) is 0 Å². The average Bonchev–Trinajstić information content (AvgIpc) is 3.56. The largest absolute Gasteiger partial charge is 0.489 e. The van der Waals surface area contributed by atoms with Crippen LogP contribution in [0.15, 0.2) is 71.6 Å². The molecule has 1 N–H and O–H groups in total. The molecule has 1 saturated carbocycles. The minimum atomic E-state index is -0.745. The molecule has 0 radical (unpaired) electrons. The Bertz CT molecular complexity index is 1050. The van der Waals surface area contributed by atoms with Crippen LogP contribution < -0.4 is 4.74 Å². The summed E-state index contributed by atoms with van der Waals surface area (Å²) in [7, 11) is 0. The van der Waals surface area contributed by atoms with Gasteiger partial charge in [-0.25, -0.2) is 8.78 Å². The Morgan fingerprint density at radius 2 is 1.70 bits per heavy atom. The minimum Gasteiger partial charge on any atom is -0.489 e. The van der Waals surface area contributed by atoms with Gasteiger partial charge in [-0.2, -0.15) is 0 Å². The van der Waals surface area contributed by atoms with E-state index in [4.69, 9.17) is 4.74 Å². The second-order valence-electron chi connectivity index (χ2n) is 7.37. The molecule has 0 bridgehead atoms. The second kappa shape index (κ2) is 8.48. The lowest BCUT2D eigenvalue weighted by molar-refractivity contribution is -0.140. The first-order valence-electron chi connectivity index (χ1n) is 9.59. The minimum absolute atomic E-state index is 0.0398. The number of carboxylic acid groups (broad SMARTS) is 1. The van der Waals surface area contributed by atoms with Crippen molar-refractivity contribution in [3.63, 3.8) is 0 Å². The van der Waals surface area contributed by atoms with Gasteiger partial charge < -0.3 is 9.84 Å². The second-order valence-corrected chi connectivity index (χ2v) is 8.42. The standard InChI is InChI=1S/C24H20F2O3S/c25-19-5-10-22(26)17(13-19)14-29-20-6-1-16(2-7-20)15-30-21-8-3-18(4-9-21)24(11-12-24)23(27)28/h1-10,13H,11-12,14-15H2,(H,27,28). The first kappa shape index (κ1) is 20.4. The van der Waals surface area contributed by atoms with Gasteiger partial charge in [0.2, 0.25) is 0 Å². The van der Waals surface area contributed by atoms with E-state index >= 15 is 0 Å². The van der Waals surface area contributed by atoms with Gasteiger partial charge >= 0.3 is 5.97 Å². The average molecular weight is 426 g/mol. The Labute approximate surface area is 177 Å². The zero-order valence-corrected chi connectivity index (χ0v) is 16.9. The summed E-state index contributed by atoms with van der Waals surface area (Å²) < 4.78 is 32.4. The maximum Gasteiger partial charge on any atom is 0.314 e. The van der Waals surface area contributed by atoms with Crippen LogP contribution in [0, 0.1) is 11.6 Å². The van der Waals surface area contributed by atoms with Crippen molar-refractivity contribution in [2.75, 3.05) is 0 Å². The summed E-state index contributed by atoms with van der Waals surface area (Å²) in [6.45, 7) is -0.0398. The highest BCUT2D eigenvalue weighted by atomic mass is 32.2. The van der Waals surface area contributed by atoms with Gasteiger partial charge in [-0.3, -0.25) is 4.79 Å². The molecule has 0 aromatic heterocycles. The zero-order valence-electron chi connectivity index (χ0n) is 16.1. The van der Waals surface area contributed by atoms with Crippen molar-refractivity contribution in [1.82, 2.24) is 0 Å². The zero-order chi connectivity index (χ0) is 21.1. The fourth-order valence-electron chi connectivity index (χ4n) is 3.28. The van der Waals surface area contributed by atoms with Crippen LogP contribution in [-0.2, 0) is 22.6 Å². The highest BCUT2D eigenvalue weighted by molar-refractivity contribution is 7.98. The number of hydrogen-bond donors (Lipinski definition) is 1. The van der Waals surface area contributed by atoms with Crippen LogP contribution in [0.5, 0.6) is 5.75 Å². The van der Waals surface area contributed by atoms with Crippen molar-refractivity contribution >= 4 is 17.7 Å². The molecule has 3 aromatic rings. The van der Waals surface area contributed by atoms with Crippen LogP contribution in [0.4, 0.5) is 8.78 Å². The third kappa shape index (κ3) is 4.49. The van der Waals surface area contributed by atoms with E-state index in [0.29, 0.717) is 18.6 Å². The van der Waals surface area contributed by atoms with Crippen molar-refractivity contribution in [3.05, 3.63) is 95.1 Å². The molecular weight excluding hydrogens is 406 g/mol. The normalized spacial score (nSPS) is 14.3. The topological polar surface area (TPSA) is 46.5 Å². The molecule has 4 rings (SSSR count). The van der Waals surface area contributed by atoms with Crippen LogP contribution >= 0.6 is 11.8 Å². The molecule has 1 aliphatic rings. The molecule has 0 amide bonds. The number of ether oxygens (including phenoxy) is 1. The van der Waals surface area contributed by atoms with Crippen LogP contribution in [0.3, 0.4) is 0 Å². The lowest BCUT2D eigenvalue weighted by atomic mass is 9.96. The van der Waals surface area contributed by atoms with E-state index in [1.807, 2.05) is 36.4 Å². The molecule has 6 heteroatoms. The van der Waals surface area contributed by atoms with E-state index in [0.717, 1.165) is 40.0 Å². The SMILES string of the molecule is O=C(O)C1(c2ccc(SCc3ccc(OCc4cc(F)ccc4F)cc3)cc2)CC1. The summed E-state index contributed by atoms with van der Waals surface area (Å²) in [5, 5.41) is 9.38. The first-order chi connectivity index (χ1) is 14.5. The van der Waals surface area contributed by atoms with E-state index in [1.165, 1.54) is 0 Å². The number of aliphatic carboxylic acids is 1. The predicted molar refractivity (Wildman–Crippen MR) is 112 cm³/mol. The molecule has 154 valence electrons. The summed E-state index contributed by atoms with van der Waals surface area (Å²) in [6, 6.07) is 18.5. The van der Waals surface area contributed by atoms with E-state index in [-0.39, 0.29) is 12.2 Å². The molecule has 0 spiro atoms. The Kier molecular flexibility index (Phi) is 5.77. The molecule has 3 aromatic carbocycles. The predicted octanol–water partition coefficient (Wildman–Crippen LogP) is 5.95. The van der Waals surface area contributed by atoms with Gasteiger partial charge in [-0.05, 0) is 66.4 Å². The van der Waals surface area contributed by atoms with Crippen LogP contribution in [0.1, 0.15) is 29.5 Å². The van der Waals surface area contributed by atoms with Crippen molar-refractivity contribution < 1.29 is 23.4 Å². The van der Waals surface area contributed by atoms with Crippen LogP contribution in [-0.4, -0.2) is 11.1 Å². The number of carbonyl (C=O) groups is 1. The summed E-state index contributed by atoms with van der Waals surface area (Å²) in [5.41, 5.74) is 1.47. The highest BCUT2D eigenvalue weighted by Crippen LogP contribution is 2.48. The monoisotopic (exact) mass is 426 g/mol. The van der Waals surface area contributed by atoms with Gasteiger partial charge in [-0.1, -0.05) is 24.3 Å². The summed E-state index contributed by atoms with van der Waals surface area (Å²) in [4.78, 5) is 12.5. The van der Waals surface area contributed by atoms with E-state index < -0.39 is 23.0 Å². The van der Waals surface area contributed by atoms with Gasteiger partial charge in [0.05, 0.1) is 5.41 Å². The molecule has 0 heterocycles. The molecule has 0 saturated heterocycles. The summed E-state index contributed by atoms with van der Waals surface area (Å²) in [6.07, 6.45) is 1.41. The van der Waals surface area contributed by atoms with Gasteiger partial charge in [0.15, 0.2) is 0 Å². The lowest BCUT2D eigenvalue weighted by Crippen LogP contribution is -2.19. The fraction of sp³-hybridized carbons (Fsp3) is 0.208. The third-order valence-corrected chi connectivity index (χ3v) is 6.38. The number of halogens is 2. The van der Waals surface area contributed by atoms with Crippen LogP contribution in [0.2, 0.25) is 0 Å². The Morgan fingerprint density at radius 3 is 2.33 bits per heavy atom. The molecule has 1 aliphatic carbocycles. The third-order valence-electron chi connectivity index (χ3n) is 5.30. The molecule has 30 heavy (non-hydrogen) atoms. The van der Waals surface area contributed by atoms with E-state index in [1.54, 1.807) is 23.9 Å². The number of thioether (sulfide) groups is 1. The maximum absolute atomic E-state index is 13.7. The van der Waals surface area contributed by atoms with Gasteiger partial charge in [0.1, 0.15) is 24.0 Å². The smallest absolute Gasteiger partial charge is 0.314 e. The molecule has 3 nitrogen and oxygen atoms in total. The quantitative estimate of drug-likeness (QED) is 0.452. The molecular formula is C24H20F2O3S. The number of rotatable bonds is 8. The Balaban J connectivity index is 1.30. The lowest BCUT2D eigenvalue weighted by Gasteiger charge is -2.11. The van der Waals surface area contributed by atoms with Crippen molar-refractivity contribution in [3.8, 4) is 5.75 Å². The maximum atomic E-state index is 13.7. The Morgan fingerprint density at radius 1 is 1.00 bits per heavy atom. The molecule has 1 fully saturated rings. The van der Waals surface area contributed by atoms with E-state index in [2.05, 4.69) is 0 Å².